The van der Waals surface area contributed by atoms with Gasteiger partial charge in [0.15, 0.2) is 0 Å². The van der Waals surface area contributed by atoms with Crippen LogP contribution in [0.4, 0.5) is 5.82 Å². The fourth-order valence-corrected chi connectivity index (χ4v) is 1.40. The lowest BCUT2D eigenvalue weighted by atomic mass is 10.2. The van der Waals surface area contributed by atoms with Crippen LogP contribution in [-0.4, -0.2) is 29.0 Å². The number of aryl methyl sites for hydroxylation is 1. The van der Waals surface area contributed by atoms with Crippen LogP contribution in [0.25, 0.3) is 0 Å². The first-order valence-corrected chi connectivity index (χ1v) is 5.87. The Balaban J connectivity index is 2.42. The molecule has 0 saturated carbocycles. The lowest BCUT2D eigenvalue weighted by Crippen LogP contribution is -2.32. The highest BCUT2D eigenvalue weighted by atomic mass is 35.5. The number of nitrogens with zero attached hydrogens (tertiary/aromatic N) is 2. The van der Waals surface area contributed by atoms with E-state index in [-0.39, 0.29) is 12.5 Å². The standard InChI is InChI=1S/C11H17ClN4O/c1-7(2)5-14-11(17)6-13-10-4-9(12)15-8(3)16-10/h4,7H,5-6H2,1-3H3,(H,14,17)(H,13,15,16). The zero-order chi connectivity index (χ0) is 12.8. The van der Waals surface area contributed by atoms with Crippen molar-refractivity contribution >= 4 is 23.3 Å². The minimum Gasteiger partial charge on any atom is -0.361 e. The maximum atomic E-state index is 11.4. The Bertz CT molecular complexity index is 375. The number of aromatic nitrogens is 2. The number of hydrogen-bond donors (Lipinski definition) is 2. The van der Waals surface area contributed by atoms with Crippen LogP contribution in [0.5, 0.6) is 0 Å². The molecule has 0 radical (unpaired) electrons. The number of anilines is 1. The first-order valence-electron chi connectivity index (χ1n) is 5.49. The quantitative estimate of drug-likeness (QED) is 0.786. The first kappa shape index (κ1) is 13.7. The Labute approximate surface area is 106 Å². The van der Waals surface area contributed by atoms with Gasteiger partial charge in [-0.05, 0) is 12.8 Å². The summed E-state index contributed by atoms with van der Waals surface area (Å²) in [6.07, 6.45) is 0. The summed E-state index contributed by atoms with van der Waals surface area (Å²) in [5, 5.41) is 6.07. The van der Waals surface area contributed by atoms with Crippen molar-refractivity contribution in [2.75, 3.05) is 18.4 Å². The molecule has 0 spiro atoms. The highest BCUT2D eigenvalue weighted by Gasteiger charge is 2.04. The van der Waals surface area contributed by atoms with Crippen molar-refractivity contribution < 1.29 is 4.79 Å². The van der Waals surface area contributed by atoms with Crippen LogP contribution in [0.2, 0.25) is 5.15 Å². The normalized spacial score (nSPS) is 10.4. The molecule has 0 atom stereocenters. The van der Waals surface area contributed by atoms with Crippen molar-refractivity contribution in [3.05, 3.63) is 17.0 Å². The lowest BCUT2D eigenvalue weighted by molar-refractivity contribution is -0.119. The van der Waals surface area contributed by atoms with Gasteiger partial charge in [-0.2, -0.15) is 0 Å². The average molecular weight is 257 g/mol. The number of carbonyl (C=O) groups is 1. The number of rotatable bonds is 5. The number of halogens is 1. The fraction of sp³-hybridized carbons (Fsp3) is 0.545. The molecule has 0 bridgehead atoms. The summed E-state index contributed by atoms with van der Waals surface area (Å²) >= 11 is 5.78. The monoisotopic (exact) mass is 256 g/mol. The van der Waals surface area contributed by atoms with Crippen molar-refractivity contribution in [3.63, 3.8) is 0 Å². The topological polar surface area (TPSA) is 66.9 Å². The van der Waals surface area contributed by atoms with Crippen molar-refractivity contribution in [3.8, 4) is 0 Å². The van der Waals surface area contributed by atoms with Gasteiger partial charge in [-0.15, -0.1) is 0 Å². The Morgan fingerprint density at radius 2 is 2.18 bits per heavy atom. The van der Waals surface area contributed by atoms with E-state index in [9.17, 15) is 4.79 Å². The second-order valence-corrected chi connectivity index (χ2v) is 4.56. The van der Waals surface area contributed by atoms with Crippen LogP contribution < -0.4 is 10.6 Å². The SMILES string of the molecule is Cc1nc(Cl)cc(NCC(=O)NCC(C)C)n1. The Hall–Kier alpha value is -1.36. The van der Waals surface area contributed by atoms with E-state index in [1.54, 1.807) is 13.0 Å². The average Bonchev–Trinajstić information content (AvgIpc) is 2.22. The molecule has 1 aromatic heterocycles. The minimum atomic E-state index is -0.0638. The smallest absolute Gasteiger partial charge is 0.239 e. The second-order valence-electron chi connectivity index (χ2n) is 4.17. The zero-order valence-electron chi connectivity index (χ0n) is 10.2. The molecule has 6 heteroatoms. The summed E-state index contributed by atoms with van der Waals surface area (Å²) in [5.41, 5.74) is 0. The molecule has 0 aliphatic rings. The van der Waals surface area contributed by atoms with Gasteiger partial charge in [-0.1, -0.05) is 25.4 Å². The molecule has 1 rings (SSSR count). The molecule has 2 N–H and O–H groups in total. The van der Waals surface area contributed by atoms with Crippen molar-refractivity contribution in [2.24, 2.45) is 5.92 Å². The molecule has 0 aliphatic carbocycles. The number of amides is 1. The summed E-state index contributed by atoms with van der Waals surface area (Å²) in [6, 6.07) is 1.59. The van der Waals surface area contributed by atoms with Crippen LogP contribution >= 0.6 is 11.6 Å². The number of nitrogens with one attached hydrogen (secondary N) is 2. The van der Waals surface area contributed by atoms with Gasteiger partial charge in [0.2, 0.25) is 5.91 Å². The molecule has 0 unspecified atom stereocenters. The molecule has 1 aromatic rings. The minimum absolute atomic E-state index is 0.0638. The summed E-state index contributed by atoms with van der Waals surface area (Å²) in [5.74, 6) is 1.51. The van der Waals surface area contributed by atoms with Crippen LogP contribution in [0, 0.1) is 12.8 Å². The van der Waals surface area contributed by atoms with Gasteiger partial charge in [0.1, 0.15) is 16.8 Å². The molecule has 1 heterocycles. The molecule has 17 heavy (non-hydrogen) atoms. The van der Waals surface area contributed by atoms with Gasteiger partial charge in [-0.3, -0.25) is 4.79 Å². The van der Waals surface area contributed by atoms with Crippen molar-refractivity contribution in [1.82, 2.24) is 15.3 Å². The predicted octanol–water partition coefficient (Wildman–Crippen LogP) is 1.62. The van der Waals surface area contributed by atoms with Gasteiger partial charge in [0.05, 0.1) is 6.54 Å². The van der Waals surface area contributed by atoms with E-state index < -0.39 is 0 Å². The third-order valence-corrected chi connectivity index (χ3v) is 2.14. The van der Waals surface area contributed by atoms with E-state index in [0.717, 1.165) is 0 Å². The summed E-state index contributed by atoms with van der Waals surface area (Å²) in [6.45, 7) is 6.68. The van der Waals surface area contributed by atoms with Crippen LogP contribution in [0.1, 0.15) is 19.7 Å². The molecule has 94 valence electrons. The van der Waals surface area contributed by atoms with E-state index in [2.05, 4.69) is 20.6 Å². The van der Waals surface area contributed by atoms with E-state index in [0.29, 0.717) is 29.3 Å². The third-order valence-electron chi connectivity index (χ3n) is 1.94. The zero-order valence-corrected chi connectivity index (χ0v) is 11.0. The molecule has 1 amide bonds. The van der Waals surface area contributed by atoms with Gasteiger partial charge >= 0.3 is 0 Å². The van der Waals surface area contributed by atoms with Gasteiger partial charge in [0.25, 0.3) is 0 Å². The van der Waals surface area contributed by atoms with E-state index in [4.69, 9.17) is 11.6 Å². The van der Waals surface area contributed by atoms with E-state index >= 15 is 0 Å². The number of carbonyl (C=O) groups excluding carboxylic acids is 1. The summed E-state index contributed by atoms with van der Waals surface area (Å²) in [7, 11) is 0. The predicted molar refractivity (Wildman–Crippen MR) is 68.1 cm³/mol. The molecular formula is C11H17ClN4O. The van der Waals surface area contributed by atoms with Crippen LogP contribution in [0.15, 0.2) is 6.07 Å². The Morgan fingerprint density at radius 3 is 2.76 bits per heavy atom. The lowest BCUT2D eigenvalue weighted by Gasteiger charge is -2.09. The fourth-order valence-electron chi connectivity index (χ4n) is 1.17. The Kier molecular flexibility index (Phi) is 5.15. The molecule has 0 fully saturated rings. The number of hydrogen-bond acceptors (Lipinski definition) is 4. The van der Waals surface area contributed by atoms with Gasteiger partial charge in [0, 0.05) is 12.6 Å². The molecular weight excluding hydrogens is 240 g/mol. The highest BCUT2D eigenvalue weighted by molar-refractivity contribution is 6.29. The van der Waals surface area contributed by atoms with E-state index in [1.165, 1.54) is 0 Å². The van der Waals surface area contributed by atoms with Crippen molar-refractivity contribution in [2.45, 2.75) is 20.8 Å². The van der Waals surface area contributed by atoms with E-state index in [1.807, 2.05) is 13.8 Å². The Morgan fingerprint density at radius 1 is 1.47 bits per heavy atom. The summed E-state index contributed by atoms with van der Waals surface area (Å²) in [4.78, 5) is 19.5. The summed E-state index contributed by atoms with van der Waals surface area (Å²) < 4.78 is 0. The molecule has 5 nitrogen and oxygen atoms in total. The van der Waals surface area contributed by atoms with Crippen LogP contribution in [-0.2, 0) is 4.79 Å². The molecule has 0 aromatic carbocycles. The highest BCUT2D eigenvalue weighted by Crippen LogP contribution is 2.10. The van der Waals surface area contributed by atoms with Gasteiger partial charge < -0.3 is 10.6 Å². The van der Waals surface area contributed by atoms with Gasteiger partial charge in [-0.25, -0.2) is 9.97 Å². The van der Waals surface area contributed by atoms with Crippen molar-refractivity contribution in [1.29, 1.82) is 0 Å². The molecule has 0 saturated heterocycles. The van der Waals surface area contributed by atoms with Crippen LogP contribution in [0.3, 0.4) is 0 Å². The maximum Gasteiger partial charge on any atom is 0.239 e. The molecule has 0 aliphatic heterocycles. The second kappa shape index (κ2) is 6.39. The maximum absolute atomic E-state index is 11.4. The first-order chi connectivity index (χ1) is 7.97. The largest absolute Gasteiger partial charge is 0.361 e. The third kappa shape index (κ3) is 5.49.